The number of hydrogen-bond acceptors (Lipinski definition) is 6. The van der Waals surface area contributed by atoms with Crippen LogP contribution in [-0.4, -0.2) is 57.4 Å². The van der Waals surface area contributed by atoms with Crippen molar-refractivity contribution in [3.63, 3.8) is 0 Å². The Bertz CT molecular complexity index is 1460. The number of nitrogens with zero attached hydrogens (tertiary/aromatic N) is 5. The molecule has 5 rings (SSSR count). The Morgan fingerprint density at radius 3 is 2.33 bits per heavy atom. The third-order valence-corrected chi connectivity index (χ3v) is 6.43. The van der Waals surface area contributed by atoms with Gasteiger partial charge < -0.3 is 19.7 Å². The van der Waals surface area contributed by atoms with Gasteiger partial charge in [-0.1, -0.05) is 30.3 Å². The van der Waals surface area contributed by atoms with E-state index in [1.54, 1.807) is 37.6 Å². The molecule has 0 spiro atoms. The van der Waals surface area contributed by atoms with Crippen LogP contribution in [0.15, 0.2) is 77.9 Å². The van der Waals surface area contributed by atoms with Crippen LogP contribution in [0.3, 0.4) is 0 Å². The van der Waals surface area contributed by atoms with Crippen molar-refractivity contribution in [3.05, 3.63) is 94.5 Å². The molecule has 4 aromatic rings. The van der Waals surface area contributed by atoms with E-state index >= 15 is 0 Å². The summed E-state index contributed by atoms with van der Waals surface area (Å²) in [5, 5.41) is 3.57. The standard InChI is InChI=1S/C27H26N6O3/c1-31-23-6-3-2-5-21(23)22(18-24(31)34)26(36)30-20-9-7-19(8-10-20)17-25(35)32-13-15-33(16-14-32)27-28-11-4-12-29-27/h2-12,18H,13-17H2,1H3,(H,30,36). The van der Waals surface area contributed by atoms with Crippen LogP contribution in [0, 0.1) is 0 Å². The monoisotopic (exact) mass is 482 g/mol. The van der Waals surface area contributed by atoms with E-state index in [2.05, 4.69) is 20.2 Å². The highest BCUT2D eigenvalue weighted by atomic mass is 16.2. The van der Waals surface area contributed by atoms with Crippen LogP contribution < -0.4 is 15.8 Å². The van der Waals surface area contributed by atoms with E-state index in [4.69, 9.17) is 0 Å². The van der Waals surface area contributed by atoms with Gasteiger partial charge in [-0.15, -0.1) is 0 Å². The van der Waals surface area contributed by atoms with Gasteiger partial charge >= 0.3 is 0 Å². The molecule has 3 heterocycles. The van der Waals surface area contributed by atoms with Crippen LogP contribution in [0.4, 0.5) is 11.6 Å². The first-order chi connectivity index (χ1) is 17.5. The van der Waals surface area contributed by atoms with Gasteiger partial charge in [-0.2, -0.15) is 0 Å². The average Bonchev–Trinajstić information content (AvgIpc) is 2.92. The number of anilines is 2. The Hall–Kier alpha value is -4.53. The largest absolute Gasteiger partial charge is 0.339 e. The molecular formula is C27H26N6O3. The second-order valence-corrected chi connectivity index (χ2v) is 8.72. The maximum absolute atomic E-state index is 13.0. The number of amides is 2. The summed E-state index contributed by atoms with van der Waals surface area (Å²) in [5.41, 5.74) is 2.24. The fraction of sp³-hybridized carbons (Fsp3) is 0.222. The van der Waals surface area contributed by atoms with Gasteiger partial charge in [0.2, 0.25) is 11.9 Å². The number of nitrogens with one attached hydrogen (secondary N) is 1. The topological polar surface area (TPSA) is 100 Å². The first kappa shape index (κ1) is 23.2. The van der Waals surface area contributed by atoms with Crippen LogP contribution in [0.25, 0.3) is 10.9 Å². The van der Waals surface area contributed by atoms with Crippen LogP contribution in [0.5, 0.6) is 0 Å². The fourth-order valence-electron chi connectivity index (χ4n) is 4.40. The Morgan fingerprint density at radius 1 is 0.917 bits per heavy atom. The quantitative estimate of drug-likeness (QED) is 0.469. The summed E-state index contributed by atoms with van der Waals surface area (Å²) in [5.74, 6) is 0.395. The molecule has 0 aliphatic carbocycles. The molecule has 0 atom stereocenters. The smallest absolute Gasteiger partial charge is 0.256 e. The van der Waals surface area contributed by atoms with Crippen LogP contribution >= 0.6 is 0 Å². The molecule has 0 saturated carbocycles. The average molecular weight is 483 g/mol. The molecule has 0 bridgehead atoms. The van der Waals surface area contributed by atoms with E-state index in [1.165, 1.54) is 10.6 Å². The van der Waals surface area contributed by atoms with Gasteiger partial charge in [0.1, 0.15) is 0 Å². The second-order valence-electron chi connectivity index (χ2n) is 8.72. The molecule has 2 aromatic carbocycles. The summed E-state index contributed by atoms with van der Waals surface area (Å²) >= 11 is 0. The van der Waals surface area contributed by atoms with Crippen molar-refractivity contribution in [2.45, 2.75) is 6.42 Å². The van der Waals surface area contributed by atoms with Crippen molar-refractivity contribution >= 4 is 34.4 Å². The van der Waals surface area contributed by atoms with Gasteiger partial charge in [0, 0.05) is 62.8 Å². The highest BCUT2D eigenvalue weighted by Gasteiger charge is 2.22. The van der Waals surface area contributed by atoms with Gasteiger partial charge in [0.05, 0.1) is 17.5 Å². The van der Waals surface area contributed by atoms with Crippen LogP contribution in [-0.2, 0) is 18.3 Å². The van der Waals surface area contributed by atoms with E-state index in [1.807, 2.05) is 41.3 Å². The number of benzene rings is 2. The molecule has 2 aromatic heterocycles. The number of para-hydroxylation sites is 1. The van der Waals surface area contributed by atoms with Crippen molar-refractivity contribution in [2.75, 3.05) is 36.4 Å². The minimum atomic E-state index is -0.354. The molecule has 9 heteroatoms. The van der Waals surface area contributed by atoms with Gasteiger partial charge in [0.15, 0.2) is 0 Å². The zero-order valence-corrected chi connectivity index (χ0v) is 19.9. The van der Waals surface area contributed by atoms with Gasteiger partial charge in [-0.25, -0.2) is 9.97 Å². The summed E-state index contributed by atoms with van der Waals surface area (Å²) in [7, 11) is 1.68. The van der Waals surface area contributed by atoms with Gasteiger partial charge in [-0.05, 0) is 29.8 Å². The molecule has 0 unspecified atom stereocenters. The number of aromatic nitrogens is 3. The zero-order chi connectivity index (χ0) is 25.1. The highest BCUT2D eigenvalue weighted by Crippen LogP contribution is 2.19. The second kappa shape index (κ2) is 9.99. The molecule has 1 saturated heterocycles. The lowest BCUT2D eigenvalue weighted by atomic mass is 10.1. The third-order valence-electron chi connectivity index (χ3n) is 6.43. The van der Waals surface area contributed by atoms with E-state index in [0.29, 0.717) is 54.3 Å². The van der Waals surface area contributed by atoms with E-state index in [-0.39, 0.29) is 23.8 Å². The summed E-state index contributed by atoms with van der Waals surface area (Å²) in [4.78, 5) is 50.6. The highest BCUT2D eigenvalue weighted by molar-refractivity contribution is 6.12. The minimum absolute atomic E-state index is 0.0621. The lowest BCUT2D eigenvalue weighted by molar-refractivity contribution is -0.130. The van der Waals surface area contributed by atoms with E-state index < -0.39 is 0 Å². The molecule has 1 aliphatic rings. The normalized spacial score (nSPS) is 13.6. The van der Waals surface area contributed by atoms with Crippen molar-refractivity contribution in [1.29, 1.82) is 0 Å². The number of carbonyl (C=O) groups is 2. The minimum Gasteiger partial charge on any atom is -0.339 e. The van der Waals surface area contributed by atoms with Gasteiger partial charge in [0.25, 0.3) is 11.5 Å². The first-order valence-corrected chi connectivity index (χ1v) is 11.8. The molecular weight excluding hydrogens is 456 g/mol. The van der Waals surface area contributed by atoms with Crippen molar-refractivity contribution in [2.24, 2.45) is 7.05 Å². The van der Waals surface area contributed by atoms with Crippen molar-refractivity contribution < 1.29 is 9.59 Å². The van der Waals surface area contributed by atoms with Crippen molar-refractivity contribution in [1.82, 2.24) is 19.4 Å². The van der Waals surface area contributed by atoms with E-state index in [9.17, 15) is 14.4 Å². The number of hydrogen-bond donors (Lipinski definition) is 1. The summed E-state index contributed by atoms with van der Waals surface area (Å²) in [6.45, 7) is 2.63. The molecule has 36 heavy (non-hydrogen) atoms. The Balaban J connectivity index is 1.20. The van der Waals surface area contributed by atoms with Crippen molar-refractivity contribution in [3.8, 4) is 0 Å². The molecule has 1 N–H and O–H groups in total. The molecule has 1 aliphatic heterocycles. The number of carbonyl (C=O) groups excluding carboxylic acids is 2. The molecule has 0 radical (unpaired) electrons. The fourth-order valence-corrected chi connectivity index (χ4v) is 4.40. The summed E-state index contributed by atoms with van der Waals surface area (Å²) in [6, 6.07) is 17.7. The third kappa shape index (κ3) is 4.81. The van der Waals surface area contributed by atoms with E-state index in [0.717, 1.165) is 5.56 Å². The number of aryl methyl sites for hydroxylation is 1. The lowest BCUT2D eigenvalue weighted by Gasteiger charge is -2.34. The summed E-state index contributed by atoms with van der Waals surface area (Å²) < 4.78 is 1.52. The number of pyridine rings is 1. The Morgan fingerprint density at radius 2 is 1.61 bits per heavy atom. The van der Waals surface area contributed by atoms with Crippen LogP contribution in [0.1, 0.15) is 15.9 Å². The number of fused-ring (bicyclic) bond motifs is 1. The molecule has 9 nitrogen and oxygen atoms in total. The zero-order valence-electron chi connectivity index (χ0n) is 19.9. The molecule has 2 amide bonds. The predicted octanol–water partition coefficient (Wildman–Crippen LogP) is 2.47. The predicted molar refractivity (Wildman–Crippen MR) is 138 cm³/mol. The number of rotatable bonds is 5. The molecule has 182 valence electrons. The first-order valence-electron chi connectivity index (χ1n) is 11.8. The maximum atomic E-state index is 13.0. The number of piperazine rings is 1. The Kier molecular flexibility index (Phi) is 6.44. The SMILES string of the molecule is Cn1c(=O)cc(C(=O)Nc2ccc(CC(=O)N3CCN(c4ncccn4)CC3)cc2)c2ccccc21. The maximum Gasteiger partial charge on any atom is 0.256 e. The molecule has 1 fully saturated rings. The van der Waals surface area contributed by atoms with Crippen LogP contribution in [0.2, 0.25) is 0 Å². The Labute approximate surface area is 208 Å². The lowest BCUT2D eigenvalue weighted by Crippen LogP contribution is -2.49. The van der Waals surface area contributed by atoms with Gasteiger partial charge in [-0.3, -0.25) is 14.4 Å². The summed E-state index contributed by atoms with van der Waals surface area (Å²) in [6.07, 6.45) is 3.72.